The predicted molar refractivity (Wildman–Crippen MR) is 119 cm³/mol. The molecule has 30 heavy (non-hydrogen) atoms. The molecule has 0 fully saturated rings. The highest BCUT2D eigenvalue weighted by Gasteiger charge is 2.31. The maximum atomic E-state index is 13.2. The molecule has 3 amide bonds. The Morgan fingerprint density at radius 3 is 2.70 bits per heavy atom. The van der Waals surface area contributed by atoms with Crippen LogP contribution in [0.25, 0.3) is 0 Å². The van der Waals surface area contributed by atoms with Gasteiger partial charge in [-0.15, -0.1) is 0 Å². The summed E-state index contributed by atoms with van der Waals surface area (Å²) in [5.41, 5.74) is 3.08. The first-order valence-corrected chi connectivity index (χ1v) is 10.0. The number of anilines is 3. The van der Waals surface area contributed by atoms with E-state index in [2.05, 4.69) is 10.6 Å². The van der Waals surface area contributed by atoms with E-state index in [1.807, 2.05) is 56.3 Å². The second-order valence-corrected chi connectivity index (χ2v) is 7.83. The third-order valence-electron chi connectivity index (χ3n) is 5.34. The molecule has 158 valence electrons. The highest BCUT2D eigenvalue weighted by molar-refractivity contribution is 6.05. The van der Waals surface area contributed by atoms with Crippen LogP contribution >= 0.6 is 0 Å². The third kappa shape index (κ3) is 4.86. The minimum atomic E-state index is -0.508. The van der Waals surface area contributed by atoms with Crippen LogP contribution in [0.15, 0.2) is 48.5 Å². The highest BCUT2D eigenvalue weighted by Crippen LogP contribution is 2.31. The normalized spacial score (nSPS) is 17.0. The van der Waals surface area contributed by atoms with Gasteiger partial charge >= 0.3 is 0 Å². The molecule has 1 aliphatic heterocycles. The van der Waals surface area contributed by atoms with Gasteiger partial charge in [-0.3, -0.25) is 19.3 Å². The van der Waals surface area contributed by atoms with Gasteiger partial charge < -0.3 is 15.5 Å². The van der Waals surface area contributed by atoms with Crippen molar-refractivity contribution in [2.75, 3.05) is 29.1 Å². The molecule has 2 N–H and O–H groups in total. The van der Waals surface area contributed by atoms with Crippen LogP contribution in [0.5, 0.6) is 0 Å². The molecular formula is C23H28N4O3. The average molecular weight is 409 g/mol. The van der Waals surface area contributed by atoms with Crippen molar-refractivity contribution >= 4 is 34.8 Å². The molecule has 0 spiro atoms. The number of hydrogen-bond donors (Lipinski definition) is 2. The Morgan fingerprint density at radius 2 is 1.97 bits per heavy atom. The van der Waals surface area contributed by atoms with E-state index in [9.17, 15) is 14.4 Å². The number of aryl methyl sites for hydroxylation is 1. The molecule has 2 atom stereocenters. The largest absolute Gasteiger partial charge is 0.325 e. The van der Waals surface area contributed by atoms with Crippen LogP contribution in [0.1, 0.15) is 25.8 Å². The SMILES string of the molecule is Cc1cccc(NC(=O)C(C)N(C)CC(=O)N2c3ccccc3NC(=O)CC2C)c1. The molecule has 1 heterocycles. The fourth-order valence-electron chi connectivity index (χ4n) is 3.56. The Morgan fingerprint density at radius 1 is 1.23 bits per heavy atom. The van der Waals surface area contributed by atoms with Gasteiger partial charge in [0.2, 0.25) is 17.7 Å². The van der Waals surface area contributed by atoms with Crippen LogP contribution in [0.2, 0.25) is 0 Å². The quantitative estimate of drug-likeness (QED) is 0.797. The number of para-hydroxylation sites is 2. The van der Waals surface area contributed by atoms with E-state index in [-0.39, 0.29) is 36.7 Å². The van der Waals surface area contributed by atoms with Gasteiger partial charge in [0.1, 0.15) is 0 Å². The van der Waals surface area contributed by atoms with Gasteiger partial charge in [-0.2, -0.15) is 0 Å². The summed E-state index contributed by atoms with van der Waals surface area (Å²) >= 11 is 0. The molecular weight excluding hydrogens is 380 g/mol. The molecule has 7 nitrogen and oxygen atoms in total. The zero-order chi connectivity index (χ0) is 21.8. The lowest BCUT2D eigenvalue weighted by Crippen LogP contribution is -2.48. The van der Waals surface area contributed by atoms with Crippen molar-refractivity contribution in [3.63, 3.8) is 0 Å². The molecule has 0 bridgehead atoms. The Balaban J connectivity index is 1.71. The fourth-order valence-corrected chi connectivity index (χ4v) is 3.56. The molecule has 0 saturated carbocycles. The van der Waals surface area contributed by atoms with Gasteiger partial charge in [0, 0.05) is 18.2 Å². The summed E-state index contributed by atoms with van der Waals surface area (Å²) < 4.78 is 0. The maximum absolute atomic E-state index is 13.2. The van der Waals surface area contributed by atoms with Crippen molar-refractivity contribution in [1.29, 1.82) is 0 Å². The average Bonchev–Trinajstić information content (AvgIpc) is 2.81. The highest BCUT2D eigenvalue weighted by atomic mass is 16.2. The van der Waals surface area contributed by atoms with E-state index in [4.69, 9.17) is 0 Å². The van der Waals surface area contributed by atoms with Crippen molar-refractivity contribution in [3.05, 3.63) is 54.1 Å². The predicted octanol–water partition coefficient (Wildman–Crippen LogP) is 3.02. The molecule has 1 aliphatic rings. The van der Waals surface area contributed by atoms with Crippen LogP contribution in [-0.2, 0) is 14.4 Å². The number of rotatable bonds is 5. The number of hydrogen-bond acceptors (Lipinski definition) is 4. The zero-order valence-corrected chi connectivity index (χ0v) is 17.8. The molecule has 2 aromatic rings. The number of carbonyl (C=O) groups is 3. The van der Waals surface area contributed by atoms with Crippen molar-refractivity contribution in [2.45, 2.75) is 39.3 Å². The lowest BCUT2D eigenvalue weighted by molar-refractivity contribution is -0.123. The molecule has 7 heteroatoms. The number of amides is 3. The van der Waals surface area contributed by atoms with E-state index in [1.165, 1.54) is 0 Å². The minimum Gasteiger partial charge on any atom is -0.325 e. The van der Waals surface area contributed by atoms with Crippen LogP contribution in [0.4, 0.5) is 17.1 Å². The molecule has 2 aromatic carbocycles. The second kappa shape index (κ2) is 9.09. The maximum Gasteiger partial charge on any atom is 0.241 e. The molecule has 0 saturated heterocycles. The number of carbonyl (C=O) groups excluding carboxylic acids is 3. The Kier molecular flexibility index (Phi) is 6.52. The van der Waals surface area contributed by atoms with Crippen LogP contribution in [-0.4, -0.2) is 48.3 Å². The Bertz CT molecular complexity index is 959. The summed E-state index contributed by atoms with van der Waals surface area (Å²) in [6.07, 6.45) is 0.216. The Labute approximate surface area is 177 Å². The Hall–Kier alpha value is -3.19. The van der Waals surface area contributed by atoms with E-state index >= 15 is 0 Å². The summed E-state index contributed by atoms with van der Waals surface area (Å²) in [5, 5.41) is 5.75. The van der Waals surface area contributed by atoms with Crippen molar-refractivity contribution in [1.82, 2.24) is 4.90 Å². The van der Waals surface area contributed by atoms with Crippen molar-refractivity contribution in [2.24, 2.45) is 0 Å². The van der Waals surface area contributed by atoms with E-state index in [0.717, 1.165) is 11.3 Å². The first kappa shape index (κ1) is 21.5. The van der Waals surface area contributed by atoms with E-state index < -0.39 is 6.04 Å². The van der Waals surface area contributed by atoms with Gasteiger partial charge in [-0.05, 0) is 57.6 Å². The first-order valence-electron chi connectivity index (χ1n) is 10.0. The van der Waals surface area contributed by atoms with Gasteiger partial charge in [0.05, 0.1) is 24.0 Å². The molecule has 3 rings (SSSR count). The number of fused-ring (bicyclic) bond motifs is 1. The van der Waals surface area contributed by atoms with Crippen LogP contribution < -0.4 is 15.5 Å². The lowest BCUT2D eigenvalue weighted by Gasteiger charge is -2.31. The molecule has 0 aliphatic carbocycles. The third-order valence-corrected chi connectivity index (χ3v) is 5.34. The molecule has 0 radical (unpaired) electrons. The van der Waals surface area contributed by atoms with Crippen LogP contribution in [0, 0.1) is 6.92 Å². The molecule has 0 aromatic heterocycles. The summed E-state index contributed by atoms with van der Waals surface area (Å²) in [4.78, 5) is 41.3. The minimum absolute atomic E-state index is 0.0509. The second-order valence-electron chi connectivity index (χ2n) is 7.83. The topological polar surface area (TPSA) is 81.8 Å². The number of likely N-dealkylation sites (N-methyl/N-ethyl adjacent to an activating group) is 1. The standard InChI is InChI=1S/C23H28N4O3/c1-15-8-7-9-18(12-15)24-23(30)17(3)26(4)14-22(29)27-16(2)13-21(28)25-19-10-5-6-11-20(19)27/h5-12,16-17H,13-14H2,1-4H3,(H,24,30)(H,25,28). The summed E-state index contributed by atoms with van der Waals surface area (Å²) in [7, 11) is 1.75. The summed E-state index contributed by atoms with van der Waals surface area (Å²) in [6.45, 7) is 5.63. The fraction of sp³-hybridized carbons (Fsp3) is 0.348. The van der Waals surface area contributed by atoms with Gasteiger partial charge in [-0.25, -0.2) is 0 Å². The van der Waals surface area contributed by atoms with Gasteiger partial charge in [0.25, 0.3) is 0 Å². The van der Waals surface area contributed by atoms with Gasteiger partial charge in [0.15, 0.2) is 0 Å². The zero-order valence-electron chi connectivity index (χ0n) is 17.8. The lowest BCUT2D eigenvalue weighted by atomic mass is 10.1. The number of nitrogens with zero attached hydrogens (tertiary/aromatic N) is 2. The smallest absolute Gasteiger partial charge is 0.241 e. The van der Waals surface area contributed by atoms with Crippen molar-refractivity contribution < 1.29 is 14.4 Å². The van der Waals surface area contributed by atoms with Gasteiger partial charge in [-0.1, -0.05) is 24.3 Å². The number of nitrogens with one attached hydrogen (secondary N) is 2. The summed E-state index contributed by atoms with van der Waals surface area (Å²) in [6, 6.07) is 14.1. The molecule has 2 unspecified atom stereocenters. The van der Waals surface area contributed by atoms with Crippen molar-refractivity contribution in [3.8, 4) is 0 Å². The monoisotopic (exact) mass is 408 g/mol. The van der Waals surface area contributed by atoms with Crippen LogP contribution in [0.3, 0.4) is 0 Å². The summed E-state index contributed by atoms with van der Waals surface area (Å²) in [5.74, 6) is -0.467. The first-order chi connectivity index (χ1) is 14.3. The number of benzene rings is 2. The van der Waals surface area contributed by atoms with E-state index in [0.29, 0.717) is 11.4 Å². The van der Waals surface area contributed by atoms with E-state index in [1.54, 1.807) is 29.8 Å².